The van der Waals surface area contributed by atoms with E-state index in [1.54, 1.807) is 47.0 Å². The number of rotatable bonds is 10. The lowest BCUT2D eigenvalue weighted by Gasteiger charge is -2.12. The van der Waals surface area contributed by atoms with Crippen molar-refractivity contribution in [3.8, 4) is 22.4 Å². The van der Waals surface area contributed by atoms with Gasteiger partial charge < -0.3 is 4.48 Å². The highest BCUT2D eigenvalue weighted by molar-refractivity contribution is 7.99. The van der Waals surface area contributed by atoms with Crippen LogP contribution in [0.3, 0.4) is 0 Å². The molecule has 0 amide bonds. The van der Waals surface area contributed by atoms with Crippen molar-refractivity contribution >= 4 is 71.8 Å². The smallest absolute Gasteiger partial charge is 0.325 e. The number of nitrogens with zero attached hydrogens (tertiary/aromatic N) is 2. The lowest BCUT2D eigenvalue weighted by Crippen LogP contribution is -2.16. The van der Waals surface area contributed by atoms with E-state index < -0.39 is 7.40 Å². The van der Waals surface area contributed by atoms with Gasteiger partial charge >= 0.3 is 7.40 Å². The molecule has 1 aliphatic rings. The Kier molecular flexibility index (Phi) is 10.3. The Hall–Kier alpha value is -3.37. The molecule has 0 atom stereocenters. The van der Waals surface area contributed by atoms with E-state index in [1.165, 1.54) is 4.90 Å². The van der Waals surface area contributed by atoms with Crippen LogP contribution in [0, 0.1) is 0 Å². The highest BCUT2D eigenvalue weighted by atomic mass is 32.2. The number of benzene rings is 4. The van der Waals surface area contributed by atoms with Crippen LogP contribution in [0.4, 0.5) is 8.63 Å². The second kappa shape index (κ2) is 14.6. The molecule has 1 aromatic heterocycles. The quantitative estimate of drug-likeness (QED) is 0.108. The Bertz CT molecular complexity index is 1930. The molecular formula is C37H31BF2N2S4. The molecule has 5 aromatic rings. The largest absolute Gasteiger partial charge is 0.678 e. The summed E-state index contributed by atoms with van der Waals surface area (Å²) in [6, 6.07) is 34.4. The van der Waals surface area contributed by atoms with Crippen molar-refractivity contribution < 1.29 is 8.63 Å². The van der Waals surface area contributed by atoms with Crippen molar-refractivity contribution in [1.82, 2.24) is 4.48 Å². The van der Waals surface area contributed by atoms with E-state index in [9.17, 15) is 0 Å². The van der Waals surface area contributed by atoms with Gasteiger partial charge in [-0.25, -0.2) is 4.99 Å². The number of aliphatic imine (C=N–C) groups is 1. The van der Waals surface area contributed by atoms with Crippen molar-refractivity contribution in [2.45, 2.75) is 19.6 Å². The van der Waals surface area contributed by atoms with Crippen molar-refractivity contribution in [2.24, 2.45) is 4.99 Å². The van der Waals surface area contributed by atoms with E-state index in [1.807, 2.05) is 79.4 Å². The molecule has 9 heteroatoms. The molecule has 4 aromatic carbocycles. The van der Waals surface area contributed by atoms with Crippen molar-refractivity contribution in [2.75, 3.05) is 25.0 Å². The summed E-state index contributed by atoms with van der Waals surface area (Å²) in [5, 5.41) is 0. The van der Waals surface area contributed by atoms with Gasteiger partial charge in [0.25, 0.3) is 0 Å². The van der Waals surface area contributed by atoms with Gasteiger partial charge in [-0.15, -0.1) is 47.0 Å². The summed E-state index contributed by atoms with van der Waals surface area (Å²) >= 11 is 6.64. The fourth-order valence-corrected chi connectivity index (χ4v) is 7.10. The zero-order valence-corrected chi connectivity index (χ0v) is 29.1. The van der Waals surface area contributed by atoms with E-state index in [-0.39, 0.29) is 0 Å². The Morgan fingerprint density at radius 3 is 1.48 bits per heavy atom. The summed E-state index contributed by atoms with van der Waals surface area (Å²) in [6.45, 7) is 0. The minimum Gasteiger partial charge on any atom is -0.325 e. The predicted molar refractivity (Wildman–Crippen MR) is 201 cm³/mol. The maximum atomic E-state index is 15.2. The molecule has 0 saturated heterocycles. The SMILES string of the molecule is CSc1ccc(C2=CC(c3ccc(SC)cc3)=N/C2=C\c2c(-c3ccc(SC)cc3)cc(-c3ccc(SC)cc3)n2B(F)F)cc1. The van der Waals surface area contributed by atoms with Crippen LogP contribution in [0.2, 0.25) is 0 Å². The van der Waals surface area contributed by atoms with Crippen LogP contribution in [0.25, 0.3) is 34.0 Å². The number of allylic oxidation sites excluding steroid dienone is 2. The molecule has 0 unspecified atom stereocenters. The average Bonchev–Trinajstić information content (AvgIpc) is 3.71. The minimum atomic E-state index is -2.77. The van der Waals surface area contributed by atoms with E-state index >= 15 is 8.63 Å². The van der Waals surface area contributed by atoms with E-state index in [2.05, 4.69) is 60.9 Å². The summed E-state index contributed by atoms with van der Waals surface area (Å²) < 4.78 is 31.6. The maximum absolute atomic E-state index is 15.2. The zero-order valence-electron chi connectivity index (χ0n) is 25.8. The van der Waals surface area contributed by atoms with Crippen LogP contribution < -0.4 is 0 Å². The molecule has 0 saturated carbocycles. The van der Waals surface area contributed by atoms with Crippen LogP contribution >= 0.6 is 47.0 Å². The summed E-state index contributed by atoms with van der Waals surface area (Å²) in [6.07, 6.45) is 12.0. The molecule has 6 rings (SSSR count). The number of hydrogen-bond donors (Lipinski definition) is 0. The first-order chi connectivity index (χ1) is 22.4. The van der Waals surface area contributed by atoms with Gasteiger partial charge in [0.15, 0.2) is 0 Å². The standard InChI is InChI=1S/C37H31BF2N2S4/c1-43-28-13-5-24(6-14-28)32-21-34(26-9-17-30(45-3)18-10-26)41-35(32)23-37-33(25-7-15-29(44-2)16-8-25)22-36(42(37)38(39)40)27-11-19-31(46-4)20-12-27/h5-23H,1-4H3/b35-23-. The molecule has 0 bridgehead atoms. The highest BCUT2D eigenvalue weighted by Crippen LogP contribution is 2.40. The van der Waals surface area contributed by atoms with Gasteiger partial charge in [-0.1, -0.05) is 48.5 Å². The first-order valence-electron chi connectivity index (χ1n) is 14.6. The molecule has 46 heavy (non-hydrogen) atoms. The van der Waals surface area contributed by atoms with Gasteiger partial charge in [-0.3, -0.25) is 8.63 Å². The van der Waals surface area contributed by atoms with Gasteiger partial charge in [0.05, 0.1) is 11.4 Å². The number of halogens is 2. The van der Waals surface area contributed by atoms with Crippen molar-refractivity contribution in [3.05, 3.63) is 132 Å². The van der Waals surface area contributed by atoms with Gasteiger partial charge in [-0.2, -0.15) is 0 Å². The normalized spacial score (nSPS) is 13.7. The Balaban J connectivity index is 1.57. The van der Waals surface area contributed by atoms with E-state index in [0.29, 0.717) is 17.1 Å². The lowest BCUT2D eigenvalue weighted by molar-refractivity contribution is 0.630. The molecule has 230 valence electrons. The van der Waals surface area contributed by atoms with Gasteiger partial charge in [0, 0.05) is 47.7 Å². The lowest BCUT2D eigenvalue weighted by atomic mass is 9.99. The van der Waals surface area contributed by atoms with E-state index in [4.69, 9.17) is 4.99 Å². The Labute approximate surface area is 287 Å². The van der Waals surface area contributed by atoms with Gasteiger partial charge in [0.2, 0.25) is 0 Å². The summed E-state index contributed by atoms with van der Waals surface area (Å²) in [5.41, 5.74) is 7.52. The second-order valence-corrected chi connectivity index (χ2v) is 14.0. The van der Waals surface area contributed by atoms with Crippen molar-refractivity contribution in [3.63, 3.8) is 0 Å². The number of thioether (sulfide) groups is 4. The summed E-state index contributed by atoms with van der Waals surface area (Å²) in [5.74, 6) is 0. The molecule has 0 N–H and O–H groups in total. The summed E-state index contributed by atoms with van der Waals surface area (Å²) in [4.78, 5) is 9.60. The molecule has 0 spiro atoms. The van der Waals surface area contributed by atoms with Gasteiger partial charge in [-0.05, 0) is 108 Å². The fourth-order valence-electron chi connectivity index (χ4n) is 5.47. The summed E-state index contributed by atoms with van der Waals surface area (Å²) in [7, 11) is -2.77. The Morgan fingerprint density at radius 2 is 1.02 bits per heavy atom. The van der Waals surface area contributed by atoms with Gasteiger partial charge in [0.1, 0.15) is 0 Å². The average molecular weight is 681 g/mol. The Morgan fingerprint density at radius 1 is 0.587 bits per heavy atom. The molecule has 1 aliphatic heterocycles. The third-order valence-corrected chi connectivity index (χ3v) is 10.9. The first kappa shape index (κ1) is 32.6. The predicted octanol–water partition coefficient (Wildman–Crippen LogP) is 11.4. The van der Waals surface area contributed by atoms with Crippen LogP contribution in [0.5, 0.6) is 0 Å². The molecule has 0 radical (unpaired) electrons. The molecule has 2 nitrogen and oxygen atoms in total. The molecule has 0 aliphatic carbocycles. The number of aromatic nitrogens is 1. The van der Waals surface area contributed by atoms with Crippen LogP contribution in [-0.2, 0) is 0 Å². The third-order valence-electron chi connectivity index (χ3n) is 7.92. The molecule has 2 heterocycles. The van der Waals surface area contributed by atoms with Crippen LogP contribution in [0.15, 0.2) is 139 Å². The number of hydrogen-bond acceptors (Lipinski definition) is 5. The monoisotopic (exact) mass is 680 g/mol. The van der Waals surface area contributed by atoms with Crippen LogP contribution in [0.1, 0.15) is 16.8 Å². The van der Waals surface area contributed by atoms with Crippen molar-refractivity contribution in [1.29, 1.82) is 0 Å². The topological polar surface area (TPSA) is 17.3 Å². The van der Waals surface area contributed by atoms with E-state index in [0.717, 1.165) is 58.3 Å². The highest BCUT2D eigenvalue weighted by Gasteiger charge is 2.29. The minimum absolute atomic E-state index is 0.417. The zero-order chi connectivity index (χ0) is 32.2. The van der Waals surface area contributed by atoms with Crippen LogP contribution in [-0.4, -0.2) is 42.6 Å². The molecular weight excluding hydrogens is 649 g/mol. The molecule has 0 fully saturated rings. The third kappa shape index (κ3) is 6.84. The maximum Gasteiger partial charge on any atom is 0.678 e. The first-order valence-corrected chi connectivity index (χ1v) is 19.5. The second-order valence-electron chi connectivity index (χ2n) is 10.5. The fraction of sp³-hybridized carbons (Fsp3) is 0.108.